The van der Waals surface area contributed by atoms with Crippen LogP contribution in [-0.2, 0) is 4.79 Å². The molecule has 0 spiro atoms. The molecule has 0 saturated heterocycles. The number of pyridine rings is 1. The number of ketones is 1. The van der Waals surface area contributed by atoms with E-state index in [1.807, 2.05) is 0 Å². The van der Waals surface area contributed by atoms with Crippen molar-refractivity contribution in [3.8, 4) is 11.4 Å². The SMILES string of the molecule is CC(C(=O)C(F)(F)F)c1nc(-c2cncc(Br)c2)no1. The Balaban J connectivity index is 2.28. The first kappa shape index (κ1) is 14.6. The van der Waals surface area contributed by atoms with Crippen molar-refractivity contribution >= 4 is 21.7 Å². The summed E-state index contributed by atoms with van der Waals surface area (Å²) in [6, 6.07) is 1.62. The van der Waals surface area contributed by atoms with Crippen molar-refractivity contribution in [1.29, 1.82) is 0 Å². The van der Waals surface area contributed by atoms with Gasteiger partial charge in [0.15, 0.2) is 0 Å². The number of carbonyl (C=O) groups excluding carboxylic acids is 1. The van der Waals surface area contributed by atoms with E-state index in [0.29, 0.717) is 10.0 Å². The number of alkyl halides is 3. The molecular weight excluding hydrogens is 343 g/mol. The molecule has 106 valence electrons. The van der Waals surface area contributed by atoms with Crippen molar-refractivity contribution in [1.82, 2.24) is 15.1 Å². The van der Waals surface area contributed by atoms with Gasteiger partial charge in [0, 0.05) is 22.4 Å². The van der Waals surface area contributed by atoms with Crippen molar-refractivity contribution in [2.45, 2.75) is 19.0 Å². The molecule has 0 aromatic carbocycles. The molecule has 5 nitrogen and oxygen atoms in total. The fourth-order valence-electron chi connectivity index (χ4n) is 1.42. The maximum Gasteiger partial charge on any atom is 0.450 e. The monoisotopic (exact) mass is 349 g/mol. The van der Waals surface area contributed by atoms with Gasteiger partial charge in [0.1, 0.15) is 5.92 Å². The normalized spacial score (nSPS) is 13.2. The van der Waals surface area contributed by atoms with Gasteiger partial charge >= 0.3 is 6.18 Å². The van der Waals surface area contributed by atoms with E-state index in [1.54, 1.807) is 6.07 Å². The Kier molecular flexibility index (Phi) is 3.89. The summed E-state index contributed by atoms with van der Waals surface area (Å²) in [5.74, 6) is -3.80. The second kappa shape index (κ2) is 5.31. The molecule has 2 aromatic heterocycles. The fourth-order valence-corrected chi connectivity index (χ4v) is 1.78. The van der Waals surface area contributed by atoms with E-state index in [0.717, 1.165) is 6.92 Å². The quantitative estimate of drug-likeness (QED) is 0.851. The van der Waals surface area contributed by atoms with Crippen LogP contribution in [0.25, 0.3) is 11.4 Å². The highest BCUT2D eigenvalue weighted by Gasteiger charge is 2.44. The molecule has 9 heteroatoms. The highest BCUT2D eigenvalue weighted by Crippen LogP contribution is 2.28. The van der Waals surface area contributed by atoms with Crippen LogP contribution in [0.1, 0.15) is 18.7 Å². The molecule has 1 atom stereocenters. The van der Waals surface area contributed by atoms with E-state index in [9.17, 15) is 18.0 Å². The molecule has 0 aliphatic rings. The van der Waals surface area contributed by atoms with Gasteiger partial charge in [-0.1, -0.05) is 5.16 Å². The number of hydrogen-bond donors (Lipinski definition) is 0. The van der Waals surface area contributed by atoms with Crippen molar-refractivity contribution in [2.24, 2.45) is 0 Å². The molecule has 1 unspecified atom stereocenters. The lowest BCUT2D eigenvalue weighted by Gasteiger charge is -2.08. The summed E-state index contributed by atoms with van der Waals surface area (Å²) in [4.78, 5) is 18.8. The molecule has 0 radical (unpaired) electrons. The first-order valence-corrected chi connectivity index (χ1v) is 6.14. The van der Waals surface area contributed by atoms with Crippen LogP contribution in [-0.4, -0.2) is 27.1 Å². The second-order valence-electron chi connectivity index (χ2n) is 3.93. The molecule has 20 heavy (non-hydrogen) atoms. The van der Waals surface area contributed by atoms with Gasteiger partial charge in [0.05, 0.1) is 0 Å². The van der Waals surface area contributed by atoms with Gasteiger partial charge in [-0.3, -0.25) is 9.78 Å². The number of hydrogen-bond acceptors (Lipinski definition) is 5. The van der Waals surface area contributed by atoms with Gasteiger partial charge < -0.3 is 4.52 Å². The van der Waals surface area contributed by atoms with E-state index < -0.39 is 17.9 Å². The van der Waals surface area contributed by atoms with E-state index in [-0.39, 0.29) is 11.7 Å². The average Bonchev–Trinajstić information content (AvgIpc) is 2.85. The van der Waals surface area contributed by atoms with E-state index in [4.69, 9.17) is 4.52 Å². The summed E-state index contributed by atoms with van der Waals surface area (Å²) < 4.78 is 42.3. The predicted octanol–water partition coefficient (Wildman–Crippen LogP) is 3.13. The van der Waals surface area contributed by atoms with Gasteiger partial charge in [0.2, 0.25) is 17.5 Å². The minimum atomic E-state index is -4.94. The van der Waals surface area contributed by atoms with Crippen molar-refractivity contribution in [3.63, 3.8) is 0 Å². The smallest absolute Gasteiger partial charge is 0.338 e. The Hall–Kier alpha value is -1.77. The number of rotatable bonds is 3. The number of halogens is 4. The zero-order valence-corrected chi connectivity index (χ0v) is 11.6. The van der Waals surface area contributed by atoms with Crippen LogP contribution in [0, 0.1) is 0 Å². The Morgan fingerprint density at radius 2 is 2.10 bits per heavy atom. The van der Waals surface area contributed by atoms with E-state index in [2.05, 4.69) is 31.1 Å². The van der Waals surface area contributed by atoms with E-state index in [1.165, 1.54) is 12.4 Å². The molecular formula is C11H7BrF3N3O2. The van der Waals surface area contributed by atoms with Crippen LogP contribution >= 0.6 is 15.9 Å². The lowest BCUT2D eigenvalue weighted by atomic mass is 10.1. The number of carbonyl (C=O) groups is 1. The third-order valence-electron chi connectivity index (χ3n) is 2.45. The Bertz CT molecular complexity index is 642. The molecule has 0 saturated carbocycles. The molecule has 0 aliphatic heterocycles. The van der Waals surface area contributed by atoms with E-state index >= 15 is 0 Å². The number of nitrogens with zero attached hydrogens (tertiary/aromatic N) is 3. The molecule has 0 aliphatic carbocycles. The number of Topliss-reactive ketones (excluding diaryl/α,β-unsaturated/α-hetero) is 1. The first-order chi connectivity index (χ1) is 9.29. The molecule has 2 heterocycles. The van der Waals surface area contributed by atoms with Gasteiger partial charge in [-0.25, -0.2) is 0 Å². The summed E-state index contributed by atoms with van der Waals surface area (Å²) in [6.07, 6.45) is -1.98. The lowest BCUT2D eigenvalue weighted by molar-refractivity contribution is -0.172. The molecule has 0 fully saturated rings. The zero-order valence-electron chi connectivity index (χ0n) is 9.98. The summed E-state index contributed by atoms with van der Waals surface area (Å²) in [7, 11) is 0. The fraction of sp³-hybridized carbons (Fsp3) is 0.273. The van der Waals surface area contributed by atoms with Crippen molar-refractivity contribution in [3.05, 3.63) is 28.8 Å². The Morgan fingerprint density at radius 1 is 1.40 bits per heavy atom. The summed E-state index contributed by atoms with van der Waals surface area (Å²) in [5.41, 5.74) is 0.459. The third-order valence-corrected chi connectivity index (χ3v) is 2.88. The van der Waals surface area contributed by atoms with Gasteiger partial charge in [-0.2, -0.15) is 18.2 Å². The largest absolute Gasteiger partial charge is 0.450 e. The Morgan fingerprint density at radius 3 is 2.70 bits per heavy atom. The molecule has 0 amide bonds. The van der Waals surface area contributed by atoms with Gasteiger partial charge in [-0.05, 0) is 28.9 Å². The standard InChI is InChI=1S/C11H7BrF3N3O2/c1-5(8(19)11(13,14)15)10-17-9(18-20-10)6-2-7(12)4-16-3-6/h2-5H,1H3. The molecule has 2 aromatic rings. The zero-order chi connectivity index (χ0) is 14.9. The minimum absolute atomic E-state index is 0.0654. The maximum absolute atomic E-state index is 12.3. The highest BCUT2D eigenvalue weighted by molar-refractivity contribution is 9.10. The molecule has 2 rings (SSSR count). The summed E-state index contributed by atoms with van der Waals surface area (Å²) in [6.45, 7) is 1.06. The minimum Gasteiger partial charge on any atom is -0.338 e. The molecule has 0 bridgehead atoms. The van der Waals surface area contributed by atoms with Gasteiger partial charge in [0.25, 0.3) is 0 Å². The van der Waals surface area contributed by atoms with Crippen molar-refractivity contribution in [2.75, 3.05) is 0 Å². The molecule has 0 N–H and O–H groups in total. The lowest BCUT2D eigenvalue weighted by Crippen LogP contribution is -2.27. The van der Waals surface area contributed by atoms with Crippen LogP contribution in [0.5, 0.6) is 0 Å². The maximum atomic E-state index is 12.3. The Labute approximate surface area is 119 Å². The van der Waals surface area contributed by atoms with Crippen LogP contribution in [0.3, 0.4) is 0 Å². The average molecular weight is 350 g/mol. The number of aromatic nitrogens is 3. The third kappa shape index (κ3) is 3.03. The second-order valence-corrected chi connectivity index (χ2v) is 4.85. The first-order valence-electron chi connectivity index (χ1n) is 5.34. The summed E-state index contributed by atoms with van der Waals surface area (Å²) >= 11 is 3.19. The van der Waals surface area contributed by atoms with Crippen LogP contribution in [0.15, 0.2) is 27.5 Å². The predicted molar refractivity (Wildman–Crippen MR) is 64.7 cm³/mol. The van der Waals surface area contributed by atoms with Crippen LogP contribution in [0.2, 0.25) is 0 Å². The highest BCUT2D eigenvalue weighted by atomic mass is 79.9. The van der Waals surface area contributed by atoms with Crippen LogP contribution < -0.4 is 0 Å². The van der Waals surface area contributed by atoms with Crippen molar-refractivity contribution < 1.29 is 22.5 Å². The summed E-state index contributed by atoms with van der Waals surface area (Å²) in [5, 5.41) is 3.55. The van der Waals surface area contributed by atoms with Crippen LogP contribution in [0.4, 0.5) is 13.2 Å². The van der Waals surface area contributed by atoms with Gasteiger partial charge in [-0.15, -0.1) is 0 Å². The topological polar surface area (TPSA) is 68.9 Å².